The molecular weight excluding hydrogens is 219 g/mol. The molecule has 0 aromatic rings. The molecule has 16 heavy (non-hydrogen) atoms. The molecule has 0 heterocycles. The molecule has 0 bridgehead atoms. The van der Waals surface area contributed by atoms with Crippen LogP contribution >= 0.6 is 0 Å². The van der Waals surface area contributed by atoms with E-state index >= 15 is 0 Å². The van der Waals surface area contributed by atoms with Crippen molar-refractivity contribution in [2.45, 2.75) is 45.8 Å². The average Bonchev–Trinajstić information content (AvgIpc) is 2.09. The lowest BCUT2D eigenvalue weighted by atomic mass is 9.89. The van der Waals surface area contributed by atoms with Crippen LogP contribution in [0.1, 0.15) is 33.6 Å². The molecule has 0 aromatic heterocycles. The van der Waals surface area contributed by atoms with Crippen molar-refractivity contribution >= 4 is 0 Å². The molecule has 1 N–H and O–H groups in total. The van der Waals surface area contributed by atoms with Crippen LogP contribution < -0.4 is 5.32 Å². The first-order chi connectivity index (χ1) is 7.16. The number of rotatable bonds is 7. The van der Waals surface area contributed by atoms with E-state index in [9.17, 15) is 13.2 Å². The normalized spacial score (nSPS) is 15.2. The van der Waals surface area contributed by atoms with Gasteiger partial charge in [0.1, 0.15) is 0 Å². The number of halogens is 3. The van der Waals surface area contributed by atoms with Gasteiger partial charge in [0.05, 0.1) is 6.42 Å². The summed E-state index contributed by atoms with van der Waals surface area (Å²) in [5.41, 5.74) is -0.0458. The molecule has 0 aliphatic heterocycles. The molecule has 0 saturated heterocycles. The summed E-state index contributed by atoms with van der Waals surface area (Å²) >= 11 is 0. The van der Waals surface area contributed by atoms with Gasteiger partial charge in [0.2, 0.25) is 0 Å². The third kappa shape index (κ3) is 8.97. The summed E-state index contributed by atoms with van der Waals surface area (Å²) in [4.78, 5) is 0. The SMILES string of the molecule is COCCC(C)(C)CNC(C)CC(F)(F)F. The van der Waals surface area contributed by atoms with E-state index in [4.69, 9.17) is 4.74 Å². The maximum Gasteiger partial charge on any atom is 0.390 e. The minimum atomic E-state index is -4.09. The van der Waals surface area contributed by atoms with Gasteiger partial charge in [-0.1, -0.05) is 13.8 Å². The van der Waals surface area contributed by atoms with E-state index in [-0.39, 0.29) is 5.41 Å². The predicted molar refractivity (Wildman–Crippen MR) is 58.4 cm³/mol. The molecular formula is C11H22F3NO. The largest absolute Gasteiger partial charge is 0.390 e. The molecule has 0 fully saturated rings. The standard InChI is InChI=1S/C11H22F3NO/c1-9(7-11(12,13)14)15-8-10(2,3)5-6-16-4/h9,15H,5-8H2,1-4H3. The van der Waals surface area contributed by atoms with Crippen LogP contribution in [0.5, 0.6) is 0 Å². The van der Waals surface area contributed by atoms with Gasteiger partial charge in [-0.25, -0.2) is 0 Å². The molecule has 1 unspecified atom stereocenters. The smallest absolute Gasteiger partial charge is 0.385 e. The summed E-state index contributed by atoms with van der Waals surface area (Å²) in [6.45, 7) is 6.77. The lowest BCUT2D eigenvalue weighted by molar-refractivity contribution is -0.139. The Morgan fingerprint density at radius 1 is 1.25 bits per heavy atom. The van der Waals surface area contributed by atoms with Crippen LogP contribution in [0.15, 0.2) is 0 Å². The molecule has 0 rings (SSSR count). The van der Waals surface area contributed by atoms with Gasteiger partial charge in [-0.3, -0.25) is 0 Å². The summed E-state index contributed by atoms with van der Waals surface area (Å²) in [5.74, 6) is 0. The molecule has 0 aromatic carbocycles. The predicted octanol–water partition coefficient (Wildman–Crippen LogP) is 2.98. The summed E-state index contributed by atoms with van der Waals surface area (Å²) in [6, 6.07) is -0.540. The van der Waals surface area contributed by atoms with Crippen molar-refractivity contribution in [1.29, 1.82) is 0 Å². The Bertz CT molecular complexity index is 192. The number of methoxy groups -OCH3 is 1. The highest BCUT2D eigenvalue weighted by Gasteiger charge is 2.30. The number of nitrogens with one attached hydrogen (secondary N) is 1. The van der Waals surface area contributed by atoms with E-state index in [0.717, 1.165) is 6.42 Å². The molecule has 0 aliphatic rings. The van der Waals surface area contributed by atoms with Gasteiger partial charge in [0.25, 0.3) is 0 Å². The monoisotopic (exact) mass is 241 g/mol. The van der Waals surface area contributed by atoms with E-state index < -0.39 is 18.6 Å². The second-order valence-corrected chi connectivity index (χ2v) is 5.01. The topological polar surface area (TPSA) is 21.3 Å². The van der Waals surface area contributed by atoms with Crippen molar-refractivity contribution in [3.8, 4) is 0 Å². The minimum absolute atomic E-state index is 0.0458. The Hall–Kier alpha value is -0.290. The van der Waals surface area contributed by atoms with Gasteiger partial charge in [0.15, 0.2) is 0 Å². The van der Waals surface area contributed by atoms with Gasteiger partial charge < -0.3 is 10.1 Å². The molecule has 98 valence electrons. The number of hydrogen-bond acceptors (Lipinski definition) is 2. The molecule has 0 spiro atoms. The summed E-state index contributed by atoms with van der Waals surface area (Å²) in [7, 11) is 1.62. The Morgan fingerprint density at radius 3 is 2.25 bits per heavy atom. The second-order valence-electron chi connectivity index (χ2n) is 5.01. The Labute approximate surface area is 95.5 Å². The van der Waals surface area contributed by atoms with Crippen LogP contribution in [0, 0.1) is 5.41 Å². The molecule has 5 heteroatoms. The Kier molecular flexibility index (Phi) is 6.33. The summed E-state index contributed by atoms with van der Waals surface area (Å²) in [5, 5.41) is 2.91. The lowest BCUT2D eigenvalue weighted by Crippen LogP contribution is -2.38. The van der Waals surface area contributed by atoms with E-state index in [1.54, 1.807) is 14.0 Å². The first-order valence-electron chi connectivity index (χ1n) is 5.45. The van der Waals surface area contributed by atoms with Crippen molar-refractivity contribution in [2.24, 2.45) is 5.41 Å². The fourth-order valence-corrected chi connectivity index (χ4v) is 1.34. The average molecular weight is 241 g/mol. The van der Waals surface area contributed by atoms with E-state index in [0.29, 0.717) is 13.2 Å². The zero-order valence-corrected chi connectivity index (χ0v) is 10.4. The Morgan fingerprint density at radius 2 is 1.81 bits per heavy atom. The Balaban J connectivity index is 3.85. The molecule has 0 aliphatic carbocycles. The van der Waals surface area contributed by atoms with Crippen LogP contribution in [0.3, 0.4) is 0 Å². The first kappa shape index (κ1) is 15.7. The molecule has 0 saturated carbocycles. The number of hydrogen-bond donors (Lipinski definition) is 1. The van der Waals surface area contributed by atoms with E-state index in [1.807, 2.05) is 13.8 Å². The maximum absolute atomic E-state index is 12.1. The van der Waals surface area contributed by atoms with Gasteiger partial charge in [-0.15, -0.1) is 0 Å². The molecule has 2 nitrogen and oxygen atoms in total. The molecule has 0 amide bonds. The van der Waals surface area contributed by atoms with Crippen LogP contribution in [-0.2, 0) is 4.74 Å². The summed E-state index contributed by atoms with van der Waals surface area (Å²) in [6.07, 6.45) is -4.05. The van der Waals surface area contributed by atoms with Gasteiger partial charge >= 0.3 is 6.18 Å². The quantitative estimate of drug-likeness (QED) is 0.740. The number of ether oxygens (including phenoxy) is 1. The van der Waals surface area contributed by atoms with Crippen molar-refractivity contribution in [1.82, 2.24) is 5.32 Å². The van der Waals surface area contributed by atoms with Crippen LogP contribution in [0.25, 0.3) is 0 Å². The van der Waals surface area contributed by atoms with E-state index in [2.05, 4.69) is 5.32 Å². The number of alkyl halides is 3. The maximum atomic E-state index is 12.1. The van der Waals surface area contributed by atoms with Crippen molar-refractivity contribution in [3.05, 3.63) is 0 Å². The highest BCUT2D eigenvalue weighted by molar-refractivity contribution is 4.75. The zero-order chi connectivity index (χ0) is 12.8. The van der Waals surface area contributed by atoms with Crippen LogP contribution in [0.4, 0.5) is 13.2 Å². The summed E-state index contributed by atoms with van der Waals surface area (Å²) < 4.78 is 41.2. The second kappa shape index (κ2) is 6.45. The van der Waals surface area contributed by atoms with Crippen LogP contribution in [0.2, 0.25) is 0 Å². The fourth-order valence-electron chi connectivity index (χ4n) is 1.34. The fraction of sp³-hybridized carbons (Fsp3) is 1.00. The first-order valence-corrected chi connectivity index (χ1v) is 5.45. The lowest BCUT2D eigenvalue weighted by Gasteiger charge is -2.27. The van der Waals surface area contributed by atoms with Crippen LogP contribution in [-0.4, -0.2) is 32.5 Å². The van der Waals surface area contributed by atoms with Crippen molar-refractivity contribution < 1.29 is 17.9 Å². The minimum Gasteiger partial charge on any atom is -0.385 e. The van der Waals surface area contributed by atoms with Crippen molar-refractivity contribution in [3.63, 3.8) is 0 Å². The third-order valence-electron chi connectivity index (χ3n) is 2.45. The zero-order valence-electron chi connectivity index (χ0n) is 10.4. The van der Waals surface area contributed by atoms with Gasteiger partial charge in [0, 0.05) is 26.3 Å². The van der Waals surface area contributed by atoms with E-state index in [1.165, 1.54) is 0 Å². The highest BCUT2D eigenvalue weighted by Crippen LogP contribution is 2.23. The highest BCUT2D eigenvalue weighted by atomic mass is 19.4. The van der Waals surface area contributed by atoms with Gasteiger partial charge in [-0.2, -0.15) is 13.2 Å². The molecule has 0 radical (unpaired) electrons. The van der Waals surface area contributed by atoms with Gasteiger partial charge in [-0.05, 0) is 18.8 Å². The molecule has 1 atom stereocenters. The third-order valence-corrected chi connectivity index (χ3v) is 2.45. The van der Waals surface area contributed by atoms with Crippen molar-refractivity contribution in [2.75, 3.05) is 20.3 Å².